The molecule has 0 heterocycles. The van der Waals surface area contributed by atoms with Crippen LogP contribution in [0.5, 0.6) is 0 Å². The lowest BCUT2D eigenvalue weighted by Gasteiger charge is -2.01. The van der Waals surface area contributed by atoms with Gasteiger partial charge in [-0.05, 0) is 0 Å². The van der Waals surface area contributed by atoms with E-state index in [2.05, 4.69) is 5.32 Å². The van der Waals surface area contributed by atoms with Crippen LogP contribution in [0.3, 0.4) is 0 Å². The topological polar surface area (TPSA) is 29.1 Å². The van der Waals surface area contributed by atoms with Gasteiger partial charge >= 0.3 is 0 Å². The van der Waals surface area contributed by atoms with Gasteiger partial charge in [-0.25, -0.2) is 8.78 Å². The monoisotopic (exact) mass is 185 g/mol. The molecule has 0 aliphatic rings. The summed E-state index contributed by atoms with van der Waals surface area (Å²) in [6.45, 7) is 1.91. The Bertz CT molecular complexity index is 121. The molecule has 0 amide bonds. The van der Waals surface area contributed by atoms with Crippen molar-refractivity contribution in [1.29, 1.82) is 0 Å². The molecule has 0 radical (unpaired) electrons. The Morgan fingerprint density at radius 2 is 2.18 bits per heavy atom. The van der Waals surface area contributed by atoms with Crippen LogP contribution >= 0.6 is 0 Å². The lowest BCUT2D eigenvalue weighted by atomic mass is 10.6. The van der Waals surface area contributed by atoms with Crippen LogP contribution < -0.4 is 5.32 Å². The van der Waals surface area contributed by atoms with Gasteiger partial charge in [0.25, 0.3) is 6.43 Å². The van der Waals surface area contributed by atoms with Crippen LogP contribution in [0.2, 0.25) is 0 Å². The van der Waals surface area contributed by atoms with Gasteiger partial charge in [-0.2, -0.15) is 0 Å². The Labute approximate surface area is 67.8 Å². The van der Waals surface area contributed by atoms with E-state index in [0.29, 0.717) is 18.1 Å². The van der Waals surface area contributed by atoms with E-state index in [1.54, 1.807) is 0 Å². The fraction of sp³-hybridized carbons (Fsp3) is 1.00. The second-order valence-electron chi connectivity index (χ2n) is 2.03. The maximum Gasteiger partial charge on any atom is 0.250 e. The molecule has 68 valence electrons. The third-order valence-corrected chi connectivity index (χ3v) is 2.43. The molecule has 1 N–H and O–H groups in total. The molecule has 0 saturated heterocycles. The van der Waals surface area contributed by atoms with Crippen molar-refractivity contribution >= 4 is 10.8 Å². The first-order valence-electron chi connectivity index (χ1n) is 3.50. The predicted molar refractivity (Wildman–Crippen MR) is 42.4 cm³/mol. The zero-order chi connectivity index (χ0) is 8.69. The molecule has 0 spiro atoms. The summed E-state index contributed by atoms with van der Waals surface area (Å²) in [5.41, 5.74) is 0. The molecule has 0 aromatic heterocycles. The molecule has 0 aromatic carbocycles. The Hall–Kier alpha value is -0.0300. The van der Waals surface area contributed by atoms with Gasteiger partial charge in [0.15, 0.2) is 0 Å². The van der Waals surface area contributed by atoms with Crippen molar-refractivity contribution in [1.82, 2.24) is 5.32 Å². The molecule has 0 fully saturated rings. The van der Waals surface area contributed by atoms with Crippen molar-refractivity contribution in [3.05, 3.63) is 0 Å². The smallest absolute Gasteiger partial charge is 0.250 e. The van der Waals surface area contributed by atoms with Gasteiger partial charge in [0.05, 0.1) is 6.54 Å². The van der Waals surface area contributed by atoms with E-state index in [-0.39, 0.29) is 6.54 Å². The Morgan fingerprint density at radius 3 is 2.64 bits per heavy atom. The molecule has 0 aliphatic heterocycles. The molecule has 0 aliphatic carbocycles. The van der Waals surface area contributed by atoms with E-state index in [1.807, 2.05) is 6.92 Å². The lowest BCUT2D eigenvalue weighted by molar-refractivity contribution is 0.147. The fourth-order valence-corrected chi connectivity index (χ4v) is 1.20. The average Bonchev–Trinajstić information content (AvgIpc) is 1.97. The highest BCUT2D eigenvalue weighted by molar-refractivity contribution is 7.84. The summed E-state index contributed by atoms with van der Waals surface area (Å²) < 4.78 is 33.7. The third kappa shape index (κ3) is 7.87. The number of halogens is 2. The zero-order valence-electron chi connectivity index (χ0n) is 6.48. The van der Waals surface area contributed by atoms with E-state index in [4.69, 9.17) is 0 Å². The summed E-state index contributed by atoms with van der Waals surface area (Å²) >= 11 is 0. The zero-order valence-corrected chi connectivity index (χ0v) is 7.29. The molecule has 1 unspecified atom stereocenters. The van der Waals surface area contributed by atoms with Crippen LogP contribution in [0.1, 0.15) is 6.92 Å². The van der Waals surface area contributed by atoms with Gasteiger partial charge < -0.3 is 5.32 Å². The lowest BCUT2D eigenvalue weighted by Crippen LogP contribution is -2.26. The summed E-state index contributed by atoms with van der Waals surface area (Å²) in [5.74, 6) is 1.06. The number of hydrogen-bond acceptors (Lipinski definition) is 2. The molecule has 1 atom stereocenters. The minimum Gasteiger partial charge on any atom is -0.311 e. The van der Waals surface area contributed by atoms with Gasteiger partial charge in [0.2, 0.25) is 0 Å². The first-order chi connectivity index (χ1) is 5.16. The van der Waals surface area contributed by atoms with E-state index in [0.717, 1.165) is 0 Å². The highest BCUT2D eigenvalue weighted by atomic mass is 32.2. The number of rotatable bonds is 6. The van der Waals surface area contributed by atoms with Crippen LogP contribution in [0.15, 0.2) is 0 Å². The van der Waals surface area contributed by atoms with Gasteiger partial charge in [0, 0.05) is 28.9 Å². The Balaban J connectivity index is 3.08. The summed E-state index contributed by atoms with van der Waals surface area (Å²) in [7, 11) is -0.849. The van der Waals surface area contributed by atoms with Crippen molar-refractivity contribution in [3.63, 3.8) is 0 Å². The van der Waals surface area contributed by atoms with E-state index in [9.17, 15) is 13.0 Å². The molecule has 2 nitrogen and oxygen atoms in total. The van der Waals surface area contributed by atoms with E-state index >= 15 is 0 Å². The molecule has 11 heavy (non-hydrogen) atoms. The van der Waals surface area contributed by atoms with Crippen LogP contribution in [0, 0.1) is 0 Å². The van der Waals surface area contributed by atoms with E-state index < -0.39 is 17.2 Å². The fourth-order valence-electron chi connectivity index (χ4n) is 0.542. The molecule has 0 rings (SSSR count). The summed E-state index contributed by atoms with van der Waals surface area (Å²) in [6, 6.07) is 0. The van der Waals surface area contributed by atoms with Crippen molar-refractivity contribution in [2.45, 2.75) is 13.3 Å². The molecular formula is C6H13F2NOS. The molecule has 0 aromatic rings. The van der Waals surface area contributed by atoms with Crippen LogP contribution in [-0.4, -0.2) is 35.2 Å². The van der Waals surface area contributed by atoms with Crippen molar-refractivity contribution in [3.8, 4) is 0 Å². The second-order valence-corrected chi connectivity index (χ2v) is 3.89. The molecule has 0 bridgehead atoms. The average molecular weight is 185 g/mol. The van der Waals surface area contributed by atoms with Gasteiger partial charge in [-0.1, -0.05) is 6.92 Å². The number of alkyl halides is 2. The minimum atomic E-state index is -2.31. The highest BCUT2D eigenvalue weighted by Crippen LogP contribution is 1.87. The first kappa shape index (κ1) is 11.0. The maximum absolute atomic E-state index is 11.5. The Kier molecular flexibility index (Phi) is 6.65. The quantitative estimate of drug-likeness (QED) is 0.614. The predicted octanol–water partition coefficient (Wildman–Crippen LogP) is 0.610. The summed E-state index contributed by atoms with van der Waals surface area (Å²) in [4.78, 5) is 0. The second kappa shape index (κ2) is 6.67. The van der Waals surface area contributed by atoms with Crippen LogP contribution in [0.25, 0.3) is 0 Å². The Morgan fingerprint density at radius 1 is 1.55 bits per heavy atom. The summed E-state index contributed by atoms with van der Waals surface area (Å²) in [6.07, 6.45) is -2.31. The highest BCUT2D eigenvalue weighted by Gasteiger charge is 2.00. The van der Waals surface area contributed by atoms with Crippen molar-refractivity contribution in [2.75, 3.05) is 24.6 Å². The van der Waals surface area contributed by atoms with Gasteiger partial charge in [-0.3, -0.25) is 4.21 Å². The number of nitrogens with one attached hydrogen (secondary N) is 1. The van der Waals surface area contributed by atoms with Crippen LogP contribution in [-0.2, 0) is 10.8 Å². The first-order valence-corrected chi connectivity index (χ1v) is 4.99. The van der Waals surface area contributed by atoms with E-state index in [1.165, 1.54) is 0 Å². The normalized spacial score (nSPS) is 13.8. The van der Waals surface area contributed by atoms with Crippen molar-refractivity contribution in [2.24, 2.45) is 0 Å². The molecular weight excluding hydrogens is 172 g/mol. The summed E-state index contributed by atoms with van der Waals surface area (Å²) in [5, 5.41) is 2.51. The SMILES string of the molecule is CCS(=O)CCNCC(F)F. The third-order valence-electron chi connectivity index (χ3n) is 1.13. The van der Waals surface area contributed by atoms with Gasteiger partial charge in [-0.15, -0.1) is 0 Å². The minimum absolute atomic E-state index is 0.305. The van der Waals surface area contributed by atoms with Crippen molar-refractivity contribution < 1.29 is 13.0 Å². The molecule has 5 heteroatoms. The van der Waals surface area contributed by atoms with Gasteiger partial charge in [0.1, 0.15) is 0 Å². The standard InChI is InChI=1S/C6H13F2NOS/c1-2-11(10)4-3-9-5-6(7)8/h6,9H,2-5H2,1H3. The molecule has 0 saturated carbocycles. The van der Waals surface area contributed by atoms with Crippen LogP contribution in [0.4, 0.5) is 8.78 Å². The largest absolute Gasteiger partial charge is 0.311 e. The maximum atomic E-state index is 11.5. The number of hydrogen-bond donors (Lipinski definition) is 1.